The van der Waals surface area contributed by atoms with E-state index in [2.05, 4.69) is 55.4 Å². The first kappa shape index (κ1) is 31.2. The van der Waals surface area contributed by atoms with E-state index in [9.17, 15) is 18.0 Å². The summed E-state index contributed by atoms with van der Waals surface area (Å²) in [7, 11) is 1.44. The van der Waals surface area contributed by atoms with Crippen LogP contribution in [0.15, 0.2) is 22.4 Å². The Morgan fingerprint density at radius 3 is 2.58 bits per heavy atom. The second kappa shape index (κ2) is 14.2. The van der Waals surface area contributed by atoms with Crippen molar-refractivity contribution in [2.75, 3.05) is 25.7 Å². The van der Waals surface area contributed by atoms with Crippen LogP contribution in [0, 0.1) is 17.8 Å². The van der Waals surface area contributed by atoms with Crippen LogP contribution in [0.25, 0.3) is 0 Å². The van der Waals surface area contributed by atoms with Gasteiger partial charge < -0.3 is 15.2 Å². The van der Waals surface area contributed by atoms with Gasteiger partial charge in [-0.2, -0.15) is 35.2 Å². The Morgan fingerprint density at radius 2 is 2.05 bits per heavy atom. The van der Waals surface area contributed by atoms with E-state index in [-0.39, 0.29) is 17.7 Å². The number of tetrazole rings is 1. The van der Waals surface area contributed by atoms with Gasteiger partial charge in [-0.1, -0.05) is 12.2 Å². The number of hydrogen-bond donors (Lipinski definition) is 2. The number of aromatic nitrogens is 4. The average molecular weight is 560 g/mol. The van der Waals surface area contributed by atoms with Crippen molar-refractivity contribution in [3.63, 3.8) is 0 Å². The fraction of sp³-hybridized carbons (Fsp3) is 0.696. The first-order valence-corrected chi connectivity index (χ1v) is 13.3. The third-order valence-corrected chi connectivity index (χ3v) is 6.95. The SMILES string of the molecule is C#CCCC1(CCNC(c2nnnn2CCCSC)C2(C(=O)OC)CC=CCC2)N=N1.O=C(O)C(F)(F)F. The van der Waals surface area contributed by atoms with E-state index in [0.717, 1.165) is 25.0 Å². The van der Waals surface area contributed by atoms with Crippen molar-refractivity contribution >= 4 is 23.7 Å². The average Bonchev–Trinajstić information content (AvgIpc) is 3.52. The van der Waals surface area contributed by atoms with E-state index >= 15 is 0 Å². The highest BCUT2D eigenvalue weighted by Crippen LogP contribution is 2.45. The molecule has 3 rings (SSSR count). The highest BCUT2D eigenvalue weighted by Gasteiger charge is 2.49. The minimum atomic E-state index is -5.08. The molecule has 1 aromatic rings. The van der Waals surface area contributed by atoms with E-state index in [4.69, 9.17) is 21.1 Å². The number of ether oxygens (including phenoxy) is 1. The summed E-state index contributed by atoms with van der Waals surface area (Å²) in [4.78, 5) is 22.0. The van der Waals surface area contributed by atoms with Crippen LogP contribution in [0.4, 0.5) is 13.2 Å². The molecule has 11 nitrogen and oxygen atoms in total. The lowest BCUT2D eigenvalue weighted by atomic mass is 9.70. The number of methoxy groups -OCH3 is 1. The maximum absolute atomic E-state index is 13.1. The fourth-order valence-electron chi connectivity index (χ4n) is 4.18. The molecular formula is C23H32F3N7O4S. The van der Waals surface area contributed by atoms with Gasteiger partial charge in [-0.15, -0.1) is 17.4 Å². The summed E-state index contributed by atoms with van der Waals surface area (Å²) in [5, 5.41) is 31.6. The van der Waals surface area contributed by atoms with Crippen LogP contribution in [-0.2, 0) is 20.9 Å². The van der Waals surface area contributed by atoms with Crippen LogP contribution >= 0.6 is 11.8 Å². The molecule has 1 aliphatic heterocycles. The Morgan fingerprint density at radius 1 is 1.34 bits per heavy atom. The van der Waals surface area contributed by atoms with Crippen molar-refractivity contribution in [1.82, 2.24) is 25.5 Å². The number of nitrogens with one attached hydrogen (secondary N) is 1. The van der Waals surface area contributed by atoms with Crippen molar-refractivity contribution in [3.8, 4) is 12.3 Å². The van der Waals surface area contributed by atoms with Crippen LogP contribution in [-0.4, -0.2) is 74.8 Å². The first-order valence-electron chi connectivity index (χ1n) is 11.9. The maximum atomic E-state index is 13.1. The zero-order chi connectivity index (χ0) is 28.2. The zero-order valence-corrected chi connectivity index (χ0v) is 22.1. The van der Waals surface area contributed by atoms with Gasteiger partial charge in [0.2, 0.25) is 0 Å². The molecule has 210 valence electrons. The molecular weight excluding hydrogens is 527 g/mol. The van der Waals surface area contributed by atoms with Gasteiger partial charge in [-0.25, -0.2) is 9.48 Å². The fourth-order valence-corrected chi connectivity index (χ4v) is 4.60. The molecule has 0 spiro atoms. The number of aryl methyl sites for hydroxylation is 1. The number of aliphatic carboxylic acids is 1. The van der Waals surface area contributed by atoms with Gasteiger partial charge in [0, 0.05) is 32.4 Å². The number of alkyl halides is 3. The van der Waals surface area contributed by atoms with Gasteiger partial charge in [-0.05, 0) is 48.1 Å². The maximum Gasteiger partial charge on any atom is 0.490 e. The van der Waals surface area contributed by atoms with Gasteiger partial charge in [0.05, 0.1) is 18.6 Å². The van der Waals surface area contributed by atoms with Crippen LogP contribution in [0.2, 0.25) is 0 Å². The molecule has 38 heavy (non-hydrogen) atoms. The number of carboxylic acid groups (broad SMARTS) is 1. The van der Waals surface area contributed by atoms with Crippen molar-refractivity contribution in [2.45, 2.75) is 69.4 Å². The summed E-state index contributed by atoms with van der Waals surface area (Å²) in [5.74, 6) is 1.35. The van der Waals surface area contributed by atoms with Crippen molar-refractivity contribution in [2.24, 2.45) is 15.6 Å². The topological polar surface area (TPSA) is 144 Å². The number of rotatable bonds is 13. The van der Waals surface area contributed by atoms with Gasteiger partial charge in [0.1, 0.15) is 0 Å². The summed E-state index contributed by atoms with van der Waals surface area (Å²) in [6.07, 6.45) is 11.7. The highest BCUT2D eigenvalue weighted by molar-refractivity contribution is 7.98. The molecule has 1 aliphatic carbocycles. The van der Waals surface area contributed by atoms with E-state index in [0.29, 0.717) is 44.6 Å². The molecule has 0 saturated carbocycles. The lowest BCUT2D eigenvalue weighted by molar-refractivity contribution is -0.192. The third-order valence-electron chi connectivity index (χ3n) is 6.26. The molecule has 15 heteroatoms. The number of nitrogens with zero attached hydrogens (tertiary/aromatic N) is 6. The number of halogens is 3. The molecule has 2 atom stereocenters. The van der Waals surface area contributed by atoms with Crippen LogP contribution in [0.3, 0.4) is 0 Å². The molecule has 0 fully saturated rings. The summed E-state index contributed by atoms with van der Waals surface area (Å²) in [6, 6.07) is -0.377. The summed E-state index contributed by atoms with van der Waals surface area (Å²) in [6.45, 7) is 1.31. The molecule has 0 bridgehead atoms. The molecule has 0 amide bonds. The number of carboxylic acids is 1. The lowest BCUT2D eigenvalue weighted by Gasteiger charge is -2.39. The molecule has 2 unspecified atom stereocenters. The normalized spacial score (nSPS) is 20.1. The van der Waals surface area contributed by atoms with Crippen LogP contribution in [0.1, 0.15) is 56.8 Å². The smallest absolute Gasteiger partial charge is 0.475 e. The van der Waals surface area contributed by atoms with Crippen LogP contribution in [0.5, 0.6) is 0 Å². The summed E-state index contributed by atoms with van der Waals surface area (Å²) in [5.41, 5.74) is -1.15. The number of carbonyl (C=O) groups excluding carboxylic acids is 1. The number of allylic oxidation sites excluding steroid dienone is 2. The molecule has 2 heterocycles. The van der Waals surface area contributed by atoms with Gasteiger partial charge in [0.15, 0.2) is 11.5 Å². The Kier molecular flexibility index (Phi) is 11.7. The second-order valence-electron chi connectivity index (χ2n) is 8.80. The summed E-state index contributed by atoms with van der Waals surface area (Å²) < 4.78 is 38.8. The van der Waals surface area contributed by atoms with E-state index in [1.807, 2.05) is 4.68 Å². The van der Waals surface area contributed by atoms with Crippen molar-refractivity contribution in [3.05, 3.63) is 18.0 Å². The van der Waals surface area contributed by atoms with Crippen LogP contribution < -0.4 is 5.32 Å². The monoisotopic (exact) mass is 559 g/mol. The molecule has 0 radical (unpaired) electrons. The van der Waals surface area contributed by atoms with Crippen molar-refractivity contribution in [1.29, 1.82) is 0 Å². The standard InChI is InChI=1S/C21H31N7O2S.C2HF3O2/c1-4-5-12-21(24-25-21)13-14-22-17(18-23-26-27-28(18)15-9-16-31-3)20(19(29)30-2)10-7-6-8-11-20;3-2(4,5)1(6)7/h1,6-7,17,22H,5,8-16H2,2-3H3;(H,6,7). The van der Waals surface area contributed by atoms with Gasteiger partial charge >= 0.3 is 18.1 Å². The Hall–Kier alpha value is -2.99. The number of esters is 1. The molecule has 0 aromatic carbocycles. The Labute approximate surface area is 223 Å². The molecule has 2 aliphatic rings. The van der Waals surface area contributed by atoms with E-state index < -0.39 is 17.6 Å². The first-order chi connectivity index (χ1) is 18.0. The van der Waals surface area contributed by atoms with Gasteiger partial charge in [-0.3, -0.25) is 4.79 Å². The zero-order valence-electron chi connectivity index (χ0n) is 21.3. The van der Waals surface area contributed by atoms with E-state index in [1.54, 1.807) is 11.8 Å². The minimum absolute atomic E-state index is 0.240. The third kappa shape index (κ3) is 8.52. The number of terminal acetylenes is 1. The Bertz CT molecular complexity index is 1030. The highest BCUT2D eigenvalue weighted by atomic mass is 32.2. The minimum Gasteiger partial charge on any atom is -0.475 e. The number of thioether (sulfide) groups is 1. The predicted molar refractivity (Wildman–Crippen MR) is 133 cm³/mol. The Balaban J connectivity index is 0.000000638. The number of hydrogen-bond acceptors (Lipinski definition) is 10. The number of carbonyl (C=O) groups is 2. The molecule has 0 saturated heterocycles. The second-order valence-corrected chi connectivity index (χ2v) is 9.78. The summed E-state index contributed by atoms with van der Waals surface area (Å²) >= 11 is 1.79. The van der Waals surface area contributed by atoms with Crippen molar-refractivity contribution < 1.29 is 32.6 Å². The predicted octanol–water partition coefficient (Wildman–Crippen LogP) is 3.56. The molecule has 2 N–H and O–H groups in total. The largest absolute Gasteiger partial charge is 0.490 e. The quantitative estimate of drug-likeness (QED) is 0.160. The van der Waals surface area contributed by atoms with E-state index in [1.165, 1.54) is 7.11 Å². The lowest BCUT2D eigenvalue weighted by Crippen LogP contribution is -2.47. The molecule has 1 aromatic heterocycles. The van der Waals surface area contributed by atoms with Gasteiger partial charge in [0.25, 0.3) is 0 Å².